The number of carbonyl (C=O) groups excluding carboxylic acids is 2. The van der Waals surface area contributed by atoms with Crippen LogP contribution in [0.4, 0.5) is 10.5 Å². The Bertz CT molecular complexity index is 795. The van der Waals surface area contributed by atoms with Gasteiger partial charge in [-0.2, -0.15) is 0 Å². The van der Waals surface area contributed by atoms with Crippen LogP contribution in [0.5, 0.6) is 5.75 Å². The lowest BCUT2D eigenvalue weighted by atomic mass is 10.2. The van der Waals surface area contributed by atoms with Crippen LogP contribution in [0.15, 0.2) is 48.5 Å². The number of hydrogen-bond acceptors (Lipinski definition) is 3. The molecule has 3 rings (SSSR count). The topological polar surface area (TPSA) is 70.7 Å². The number of hydrogen-bond donors (Lipinski definition) is 2. The second-order valence-electron chi connectivity index (χ2n) is 6.02. The molecule has 2 aromatic rings. The average molecular weight is 374 g/mol. The van der Waals surface area contributed by atoms with E-state index in [-0.39, 0.29) is 24.4 Å². The minimum atomic E-state index is -0.313. The summed E-state index contributed by atoms with van der Waals surface area (Å²) >= 11 is 5.88. The molecule has 2 aromatic carbocycles. The molecule has 2 N–H and O–H groups in total. The molecule has 1 saturated heterocycles. The van der Waals surface area contributed by atoms with Gasteiger partial charge in [-0.05, 0) is 30.3 Å². The Morgan fingerprint density at radius 3 is 2.69 bits per heavy atom. The van der Waals surface area contributed by atoms with Crippen LogP contribution in [0.3, 0.4) is 0 Å². The number of nitrogens with one attached hydrogen (secondary N) is 2. The Hall–Kier alpha value is -2.73. The van der Waals surface area contributed by atoms with Gasteiger partial charge in [0.1, 0.15) is 5.75 Å². The molecule has 0 bridgehead atoms. The first-order valence-electron chi connectivity index (χ1n) is 8.29. The fourth-order valence-electron chi connectivity index (χ4n) is 2.94. The summed E-state index contributed by atoms with van der Waals surface area (Å²) in [6.07, 6.45) is 0.269. The molecule has 7 heteroatoms. The van der Waals surface area contributed by atoms with Gasteiger partial charge in [0, 0.05) is 35.8 Å². The van der Waals surface area contributed by atoms with E-state index < -0.39 is 0 Å². The van der Waals surface area contributed by atoms with E-state index in [0.717, 1.165) is 17.0 Å². The second-order valence-corrected chi connectivity index (χ2v) is 6.46. The summed E-state index contributed by atoms with van der Waals surface area (Å²) in [6.45, 7) is 0.778. The van der Waals surface area contributed by atoms with Crippen LogP contribution in [-0.2, 0) is 11.3 Å². The number of ether oxygens (including phenoxy) is 1. The first-order chi connectivity index (χ1) is 12.6. The molecule has 1 fully saturated rings. The van der Waals surface area contributed by atoms with Gasteiger partial charge in [0.15, 0.2) is 0 Å². The molecule has 1 unspecified atom stereocenters. The maximum Gasteiger partial charge on any atom is 0.315 e. The molecular formula is C19H20ClN3O3. The van der Waals surface area contributed by atoms with Crippen molar-refractivity contribution in [3.05, 3.63) is 59.1 Å². The van der Waals surface area contributed by atoms with Gasteiger partial charge in [-0.3, -0.25) is 4.79 Å². The summed E-state index contributed by atoms with van der Waals surface area (Å²) in [5.41, 5.74) is 1.66. The Balaban J connectivity index is 1.53. The van der Waals surface area contributed by atoms with E-state index in [2.05, 4.69) is 10.6 Å². The van der Waals surface area contributed by atoms with Gasteiger partial charge in [0.05, 0.1) is 13.2 Å². The first kappa shape index (κ1) is 18.1. The Morgan fingerprint density at radius 2 is 1.96 bits per heavy atom. The molecule has 3 amide bonds. The number of anilines is 1. The molecule has 1 aliphatic heterocycles. The molecule has 0 aliphatic carbocycles. The van der Waals surface area contributed by atoms with Crippen molar-refractivity contribution < 1.29 is 14.3 Å². The zero-order chi connectivity index (χ0) is 18.5. The predicted octanol–water partition coefficient (Wildman–Crippen LogP) is 2.95. The molecule has 0 saturated carbocycles. The molecule has 0 spiro atoms. The molecule has 0 aromatic heterocycles. The number of rotatable bonds is 5. The van der Waals surface area contributed by atoms with Gasteiger partial charge in [-0.25, -0.2) is 4.79 Å². The van der Waals surface area contributed by atoms with Crippen LogP contribution in [0.2, 0.25) is 5.02 Å². The summed E-state index contributed by atoms with van der Waals surface area (Å²) in [7, 11) is 1.59. The minimum absolute atomic E-state index is 0.0256. The van der Waals surface area contributed by atoms with E-state index in [1.807, 2.05) is 24.3 Å². The van der Waals surface area contributed by atoms with Gasteiger partial charge in [0.25, 0.3) is 0 Å². The molecule has 1 aliphatic rings. The van der Waals surface area contributed by atoms with Crippen LogP contribution >= 0.6 is 11.6 Å². The second kappa shape index (κ2) is 8.10. The van der Waals surface area contributed by atoms with Crippen LogP contribution in [0.1, 0.15) is 12.0 Å². The number of carbonyl (C=O) groups is 2. The summed E-state index contributed by atoms with van der Waals surface area (Å²) in [6, 6.07) is 14.0. The highest BCUT2D eigenvalue weighted by molar-refractivity contribution is 6.30. The Morgan fingerprint density at radius 1 is 1.23 bits per heavy atom. The van der Waals surface area contributed by atoms with Crippen molar-refractivity contribution in [2.45, 2.75) is 19.0 Å². The number of amides is 3. The number of para-hydroxylation sites is 1. The van der Waals surface area contributed by atoms with E-state index in [0.29, 0.717) is 18.1 Å². The lowest BCUT2D eigenvalue weighted by molar-refractivity contribution is -0.117. The zero-order valence-electron chi connectivity index (χ0n) is 14.4. The third-order valence-corrected chi connectivity index (χ3v) is 4.48. The van der Waals surface area contributed by atoms with Crippen molar-refractivity contribution in [2.75, 3.05) is 18.6 Å². The fraction of sp³-hybridized carbons (Fsp3) is 0.263. The molecule has 26 heavy (non-hydrogen) atoms. The average Bonchev–Trinajstić information content (AvgIpc) is 3.01. The van der Waals surface area contributed by atoms with Crippen molar-refractivity contribution in [3.63, 3.8) is 0 Å². The third-order valence-electron chi connectivity index (χ3n) is 4.23. The quantitative estimate of drug-likeness (QED) is 0.846. The van der Waals surface area contributed by atoms with Crippen molar-refractivity contribution in [2.24, 2.45) is 0 Å². The van der Waals surface area contributed by atoms with Crippen LogP contribution in [0, 0.1) is 0 Å². The number of halogens is 1. The molecule has 1 atom stereocenters. The summed E-state index contributed by atoms with van der Waals surface area (Å²) in [4.78, 5) is 26.0. The smallest absolute Gasteiger partial charge is 0.315 e. The zero-order valence-corrected chi connectivity index (χ0v) is 15.1. The van der Waals surface area contributed by atoms with Gasteiger partial charge in [-0.1, -0.05) is 29.8 Å². The molecule has 136 valence electrons. The van der Waals surface area contributed by atoms with Crippen molar-refractivity contribution in [1.29, 1.82) is 0 Å². The normalized spacial score (nSPS) is 16.5. The first-order valence-corrected chi connectivity index (χ1v) is 8.67. The predicted molar refractivity (Wildman–Crippen MR) is 101 cm³/mol. The van der Waals surface area contributed by atoms with Crippen molar-refractivity contribution in [3.8, 4) is 5.75 Å². The van der Waals surface area contributed by atoms with E-state index in [9.17, 15) is 9.59 Å². The number of benzene rings is 2. The summed E-state index contributed by atoms with van der Waals surface area (Å²) < 4.78 is 5.26. The van der Waals surface area contributed by atoms with E-state index in [1.54, 1.807) is 36.3 Å². The van der Waals surface area contributed by atoms with Crippen LogP contribution < -0.4 is 20.3 Å². The monoisotopic (exact) mass is 373 g/mol. The number of urea groups is 1. The third kappa shape index (κ3) is 4.26. The van der Waals surface area contributed by atoms with Gasteiger partial charge in [0.2, 0.25) is 5.91 Å². The van der Waals surface area contributed by atoms with Gasteiger partial charge >= 0.3 is 6.03 Å². The SMILES string of the molecule is COc1ccccc1CNC(=O)NC1CC(=O)N(c2ccc(Cl)cc2)C1. The van der Waals surface area contributed by atoms with Gasteiger partial charge in [-0.15, -0.1) is 0 Å². The summed E-state index contributed by atoms with van der Waals surface area (Å²) in [5, 5.41) is 6.27. The fourth-order valence-corrected chi connectivity index (χ4v) is 3.06. The highest BCUT2D eigenvalue weighted by Gasteiger charge is 2.31. The van der Waals surface area contributed by atoms with Crippen molar-refractivity contribution >= 4 is 29.2 Å². The highest BCUT2D eigenvalue weighted by atomic mass is 35.5. The molecule has 6 nitrogen and oxygen atoms in total. The Labute approximate surface area is 157 Å². The van der Waals surface area contributed by atoms with E-state index in [1.165, 1.54) is 0 Å². The van der Waals surface area contributed by atoms with Gasteiger partial charge < -0.3 is 20.3 Å². The van der Waals surface area contributed by atoms with Crippen LogP contribution in [0.25, 0.3) is 0 Å². The number of nitrogens with zero attached hydrogens (tertiary/aromatic N) is 1. The standard InChI is InChI=1S/C19H20ClN3O3/c1-26-17-5-3-2-4-13(17)11-21-19(25)22-15-10-18(24)23(12-15)16-8-6-14(20)7-9-16/h2-9,15H,10-12H2,1H3,(H2,21,22,25). The number of methoxy groups -OCH3 is 1. The lowest BCUT2D eigenvalue weighted by Gasteiger charge is -2.17. The minimum Gasteiger partial charge on any atom is -0.496 e. The van der Waals surface area contributed by atoms with E-state index >= 15 is 0 Å². The molecule has 0 radical (unpaired) electrons. The van der Waals surface area contributed by atoms with Crippen LogP contribution in [-0.4, -0.2) is 31.6 Å². The maximum absolute atomic E-state index is 12.2. The lowest BCUT2D eigenvalue weighted by Crippen LogP contribution is -2.43. The molecular weight excluding hydrogens is 354 g/mol. The van der Waals surface area contributed by atoms with E-state index in [4.69, 9.17) is 16.3 Å². The largest absolute Gasteiger partial charge is 0.496 e. The Kier molecular flexibility index (Phi) is 5.63. The summed E-state index contributed by atoms with van der Waals surface area (Å²) in [5.74, 6) is 0.695. The molecule has 1 heterocycles. The maximum atomic E-state index is 12.2. The van der Waals surface area contributed by atoms with Crippen molar-refractivity contribution in [1.82, 2.24) is 10.6 Å². The highest BCUT2D eigenvalue weighted by Crippen LogP contribution is 2.23.